The Morgan fingerprint density at radius 1 is 1.43 bits per heavy atom. The van der Waals surface area contributed by atoms with Crippen LogP contribution in [-0.4, -0.2) is 61.8 Å². The fourth-order valence-corrected chi connectivity index (χ4v) is 2.57. The summed E-state index contributed by atoms with van der Waals surface area (Å²) < 4.78 is 0. The molecular formula is C16H25N3O2. The van der Waals surface area contributed by atoms with E-state index < -0.39 is 0 Å². The smallest absolute Gasteiger partial charge is 0.234 e. The van der Waals surface area contributed by atoms with Crippen molar-refractivity contribution in [2.45, 2.75) is 18.9 Å². The number of β-amino-alcohol motifs (C(OH)–C–C–N with tert-alkyl or cyclic N) is 1. The van der Waals surface area contributed by atoms with Crippen LogP contribution in [0.1, 0.15) is 12.8 Å². The second kappa shape index (κ2) is 8.00. The highest BCUT2D eigenvalue weighted by Crippen LogP contribution is 2.10. The van der Waals surface area contributed by atoms with Crippen molar-refractivity contribution in [1.82, 2.24) is 10.2 Å². The highest BCUT2D eigenvalue weighted by molar-refractivity contribution is 5.78. The Balaban J connectivity index is 1.58. The number of rotatable bonds is 7. The fraction of sp³-hybridized carbons (Fsp3) is 0.562. The molecule has 2 rings (SSSR count). The van der Waals surface area contributed by atoms with Crippen LogP contribution in [0.2, 0.25) is 0 Å². The molecule has 0 bridgehead atoms. The minimum Gasteiger partial charge on any atom is -0.392 e. The standard InChI is InChI=1S/C16H25N3O2/c1-18(14-6-3-2-4-7-14)10-5-9-17-16(21)13-19-11-8-15(20)12-19/h2-4,6-7,15,20H,5,8-13H2,1H3,(H,17,21)/t15-/m0/s1. The first-order valence-electron chi connectivity index (χ1n) is 7.58. The highest BCUT2D eigenvalue weighted by atomic mass is 16.3. The second-order valence-corrected chi connectivity index (χ2v) is 5.64. The minimum absolute atomic E-state index is 0.0477. The molecule has 0 aliphatic carbocycles. The maximum absolute atomic E-state index is 11.8. The molecule has 0 unspecified atom stereocenters. The number of nitrogens with one attached hydrogen (secondary N) is 1. The van der Waals surface area contributed by atoms with E-state index in [1.807, 2.05) is 23.1 Å². The van der Waals surface area contributed by atoms with Crippen LogP contribution in [0, 0.1) is 0 Å². The Morgan fingerprint density at radius 3 is 2.86 bits per heavy atom. The molecule has 5 nitrogen and oxygen atoms in total. The highest BCUT2D eigenvalue weighted by Gasteiger charge is 2.21. The van der Waals surface area contributed by atoms with E-state index in [-0.39, 0.29) is 12.0 Å². The molecule has 1 amide bonds. The zero-order valence-electron chi connectivity index (χ0n) is 12.7. The summed E-state index contributed by atoms with van der Waals surface area (Å²) in [6.07, 6.45) is 1.42. The van der Waals surface area contributed by atoms with E-state index in [2.05, 4.69) is 29.4 Å². The minimum atomic E-state index is -0.266. The monoisotopic (exact) mass is 291 g/mol. The summed E-state index contributed by atoms with van der Waals surface area (Å²) in [5, 5.41) is 12.4. The molecule has 0 aromatic heterocycles. The van der Waals surface area contributed by atoms with Gasteiger partial charge in [0.25, 0.3) is 0 Å². The van der Waals surface area contributed by atoms with Crippen LogP contribution in [0.15, 0.2) is 30.3 Å². The van der Waals surface area contributed by atoms with Crippen LogP contribution in [0.25, 0.3) is 0 Å². The third-order valence-corrected chi connectivity index (χ3v) is 3.80. The van der Waals surface area contributed by atoms with E-state index in [9.17, 15) is 9.90 Å². The van der Waals surface area contributed by atoms with Gasteiger partial charge in [0.05, 0.1) is 12.6 Å². The maximum atomic E-state index is 11.8. The van der Waals surface area contributed by atoms with Crippen LogP contribution >= 0.6 is 0 Å². The molecule has 2 N–H and O–H groups in total. The van der Waals surface area contributed by atoms with Gasteiger partial charge in [-0.3, -0.25) is 9.69 Å². The number of hydrogen-bond acceptors (Lipinski definition) is 4. The molecule has 1 aromatic carbocycles. The van der Waals surface area contributed by atoms with Gasteiger partial charge in [-0.15, -0.1) is 0 Å². The zero-order valence-corrected chi connectivity index (χ0v) is 12.7. The van der Waals surface area contributed by atoms with Gasteiger partial charge in [0.2, 0.25) is 5.91 Å². The molecule has 116 valence electrons. The molecule has 0 spiro atoms. The Kier molecular flexibility index (Phi) is 6.02. The lowest BCUT2D eigenvalue weighted by Crippen LogP contribution is -2.37. The lowest BCUT2D eigenvalue weighted by molar-refractivity contribution is -0.122. The lowest BCUT2D eigenvalue weighted by Gasteiger charge is -2.19. The number of para-hydroxylation sites is 1. The third kappa shape index (κ3) is 5.36. The summed E-state index contributed by atoms with van der Waals surface area (Å²) >= 11 is 0. The maximum Gasteiger partial charge on any atom is 0.234 e. The second-order valence-electron chi connectivity index (χ2n) is 5.64. The average Bonchev–Trinajstić information content (AvgIpc) is 2.89. The number of nitrogens with zero attached hydrogens (tertiary/aromatic N) is 2. The summed E-state index contributed by atoms with van der Waals surface area (Å²) in [7, 11) is 2.06. The van der Waals surface area contributed by atoms with Crippen molar-refractivity contribution in [3.8, 4) is 0 Å². The van der Waals surface area contributed by atoms with Crippen LogP contribution in [0.3, 0.4) is 0 Å². The van der Waals surface area contributed by atoms with E-state index in [0.717, 1.165) is 25.9 Å². The Morgan fingerprint density at radius 2 is 2.19 bits per heavy atom. The van der Waals surface area contributed by atoms with Crippen molar-refractivity contribution < 1.29 is 9.90 Å². The zero-order chi connectivity index (χ0) is 15.1. The van der Waals surface area contributed by atoms with Crippen molar-refractivity contribution >= 4 is 11.6 Å². The van der Waals surface area contributed by atoms with Gasteiger partial charge >= 0.3 is 0 Å². The molecule has 1 aliphatic heterocycles. The molecule has 1 fully saturated rings. The molecule has 1 aliphatic rings. The summed E-state index contributed by atoms with van der Waals surface area (Å²) in [5.41, 5.74) is 1.19. The first kappa shape index (κ1) is 15.8. The van der Waals surface area contributed by atoms with Gasteiger partial charge in [-0.05, 0) is 25.0 Å². The van der Waals surface area contributed by atoms with Gasteiger partial charge in [0.1, 0.15) is 0 Å². The van der Waals surface area contributed by atoms with Crippen molar-refractivity contribution in [3.63, 3.8) is 0 Å². The summed E-state index contributed by atoms with van der Waals surface area (Å²) in [4.78, 5) is 16.0. The van der Waals surface area contributed by atoms with Crippen molar-refractivity contribution in [2.24, 2.45) is 0 Å². The Labute approximate surface area is 126 Å². The fourth-order valence-electron chi connectivity index (χ4n) is 2.57. The topological polar surface area (TPSA) is 55.8 Å². The van der Waals surface area contributed by atoms with E-state index in [0.29, 0.717) is 19.6 Å². The first-order chi connectivity index (χ1) is 10.1. The molecule has 21 heavy (non-hydrogen) atoms. The number of hydrogen-bond donors (Lipinski definition) is 2. The summed E-state index contributed by atoms with van der Waals surface area (Å²) in [6, 6.07) is 10.2. The summed E-state index contributed by atoms with van der Waals surface area (Å²) in [5.74, 6) is 0.0477. The number of likely N-dealkylation sites (tertiary alicyclic amines) is 1. The molecule has 0 radical (unpaired) electrons. The van der Waals surface area contributed by atoms with Gasteiger partial charge < -0.3 is 15.3 Å². The van der Waals surface area contributed by atoms with E-state index in [4.69, 9.17) is 0 Å². The molecule has 5 heteroatoms. The number of anilines is 1. The van der Waals surface area contributed by atoms with Gasteiger partial charge in [-0.1, -0.05) is 18.2 Å². The predicted octanol–water partition coefficient (Wildman–Crippen LogP) is 0.696. The quantitative estimate of drug-likeness (QED) is 0.726. The Hall–Kier alpha value is -1.59. The molecule has 1 heterocycles. The number of carbonyl (C=O) groups excluding carboxylic acids is 1. The van der Waals surface area contributed by atoms with Gasteiger partial charge in [-0.25, -0.2) is 0 Å². The van der Waals surface area contributed by atoms with Crippen molar-refractivity contribution in [1.29, 1.82) is 0 Å². The average molecular weight is 291 g/mol. The number of carbonyl (C=O) groups is 1. The molecule has 0 saturated carbocycles. The van der Waals surface area contributed by atoms with Gasteiger partial charge in [0.15, 0.2) is 0 Å². The van der Waals surface area contributed by atoms with Crippen LogP contribution < -0.4 is 10.2 Å². The lowest BCUT2D eigenvalue weighted by atomic mass is 10.3. The number of aliphatic hydroxyl groups is 1. The molecule has 1 atom stereocenters. The predicted molar refractivity (Wildman–Crippen MR) is 84.4 cm³/mol. The van der Waals surface area contributed by atoms with Gasteiger partial charge in [-0.2, -0.15) is 0 Å². The van der Waals surface area contributed by atoms with E-state index in [1.165, 1.54) is 5.69 Å². The largest absolute Gasteiger partial charge is 0.392 e. The van der Waals surface area contributed by atoms with E-state index in [1.54, 1.807) is 0 Å². The third-order valence-electron chi connectivity index (χ3n) is 3.80. The number of benzene rings is 1. The molecule has 1 aromatic rings. The molecular weight excluding hydrogens is 266 g/mol. The van der Waals surface area contributed by atoms with Crippen LogP contribution in [0.4, 0.5) is 5.69 Å². The molecule has 1 saturated heterocycles. The summed E-state index contributed by atoms with van der Waals surface area (Å²) in [6.45, 7) is 3.42. The van der Waals surface area contributed by atoms with Gasteiger partial charge in [0, 0.05) is 38.9 Å². The number of aliphatic hydroxyl groups excluding tert-OH is 1. The van der Waals surface area contributed by atoms with Crippen LogP contribution in [-0.2, 0) is 4.79 Å². The van der Waals surface area contributed by atoms with Crippen LogP contribution in [0.5, 0.6) is 0 Å². The Bertz CT molecular complexity index is 438. The first-order valence-corrected chi connectivity index (χ1v) is 7.58. The number of amides is 1. The SMILES string of the molecule is CN(CCCNC(=O)CN1CC[C@H](O)C1)c1ccccc1. The van der Waals surface area contributed by atoms with E-state index >= 15 is 0 Å². The van der Waals surface area contributed by atoms with Crippen molar-refractivity contribution in [2.75, 3.05) is 44.7 Å². The van der Waals surface area contributed by atoms with Crippen molar-refractivity contribution in [3.05, 3.63) is 30.3 Å². The normalized spacial score (nSPS) is 18.7.